The molecular weight excluding hydrogens is 264 g/mol. The SMILES string of the molecule is C[C@]1(C2CC2)CN(C2[C@H]3CC4C[C@H]2CC(O)(C4)C3)C(=O)N1. The first-order valence-corrected chi connectivity index (χ1v) is 8.77. The smallest absolute Gasteiger partial charge is 0.318 e. The molecule has 3 atom stereocenters. The van der Waals surface area contributed by atoms with E-state index in [1.165, 1.54) is 25.7 Å². The van der Waals surface area contributed by atoms with Crippen LogP contribution in [0.2, 0.25) is 0 Å². The summed E-state index contributed by atoms with van der Waals surface area (Å²) in [4.78, 5) is 14.7. The van der Waals surface area contributed by atoms with E-state index >= 15 is 0 Å². The molecular formula is C17H26N2O2. The summed E-state index contributed by atoms with van der Waals surface area (Å²) in [6, 6.07) is 0.552. The molecule has 5 saturated carbocycles. The number of amides is 2. The molecule has 0 aromatic heterocycles. The van der Waals surface area contributed by atoms with Crippen molar-refractivity contribution < 1.29 is 9.90 Å². The van der Waals surface area contributed by atoms with Gasteiger partial charge in [-0.15, -0.1) is 0 Å². The van der Waals surface area contributed by atoms with E-state index in [1.54, 1.807) is 0 Å². The Kier molecular flexibility index (Phi) is 2.28. The van der Waals surface area contributed by atoms with E-state index in [9.17, 15) is 9.90 Å². The van der Waals surface area contributed by atoms with E-state index in [-0.39, 0.29) is 11.6 Å². The quantitative estimate of drug-likeness (QED) is 0.818. The van der Waals surface area contributed by atoms with Crippen molar-refractivity contribution >= 4 is 6.03 Å². The van der Waals surface area contributed by atoms with Gasteiger partial charge in [0, 0.05) is 12.6 Å². The normalized spacial score (nSPS) is 55.1. The van der Waals surface area contributed by atoms with E-state index in [0.717, 1.165) is 25.8 Å². The van der Waals surface area contributed by atoms with E-state index < -0.39 is 5.60 Å². The number of carbonyl (C=O) groups excluding carboxylic acids is 1. The molecule has 1 aliphatic heterocycles. The molecule has 1 saturated heterocycles. The van der Waals surface area contributed by atoms with Crippen LogP contribution in [0.1, 0.15) is 51.9 Å². The van der Waals surface area contributed by atoms with Crippen molar-refractivity contribution in [3.63, 3.8) is 0 Å². The predicted molar refractivity (Wildman–Crippen MR) is 78.7 cm³/mol. The maximum Gasteiger partial charge on any atom is 0.318 e. The highest BCUT2D eigenvalue weighted by Crippen LogP contribution is 2.57. The van der Waals surface area contributed by atoms with E-state index in [4.69, 9.17) is 0 Å². The van der Waals surface area contributed by atoms with Gasteiger partial charge in [0.1, 0.15) is 0 Å². The van der Waals surface area contributed by atoms with Gasteiger partial charge in [0.2, 0.25) is 0 Å². The summed E-state index contributed by atoms with van der Waals surface area (Å²) < 4.78 is 0. The number of rotatable bonds is 2. The van der Waals surface area contributed by atoms with Crippen LogP contribution in [-0.2, 0) is 0 Å². The van der Waals surface area contributed by atoms with Gasteiger partial charge in [0.25, 0.3) is 0 Å². The average molecular weight is 290 g/mol. The van der Waals surface area contributed by atoms with Crippen LogP contribution in [0.25, 0.3) is 0 Å². The van der Waals surface area contributed by atoms with Crippen LogP contribution in [-0.4, -0.2) is 39.8 Å². The second-order valence-corrected chi connectivity index (χ2v) is 8.93. The standard InChI is InChI=1S/C17H26N2O2/c1-16(13-2-3-13)9-19(15(20)18-16)14-11-4-10-5-12(14)8-17(21,6-10)7-11/h10-14,21H,2-9H2,1H3,(H,18,20)/t10?,11-,12-,14?,16+,17?/m0/s1. The van der Waals surface area contributed by atoms with E-state index in [1.807, 2.05) is 0 Å². The Balaban J connectivity index is 1.42. The number of carbonyl (C=O) groups is 1. The van der Waals surface area contributed by atoms with Gasteiger partial charge in [-0.25, -0.2) is 4.79 Å². The third-order valence-corrected chi connectivity index (χ3v) is 7.18. The Hall–Kier alpha value is -0.770. The van der Waals surface area contributed by atoms with E-state index in [0.29, 0.717) is 29.7 Å². The maximum atomic E-state index is 12.6. The fraction of sp³-hybridized carbons (Fsp3) is 0.941. The summed E-state index contributed by atoms with van der Waals surface area (Å²) in [5.74, 6) is 2.47. The van der Waals surface area contributed by atoms with Crippen molar-refractivity contribution in [3.05, 3.63) is 0 Å². The number of aliphatic hydroxyl groups is 1. The number of hydrogen-bond donors (Lipinski definition) is 2. The third kappa shape index (κ3) is 1.74. The number of hydrogen-bond acceptors (Lipinski definition) is 2. The number of nitrogens with one attached hydrogen (secondary N) is 1. The highest BCUT2D eigenvalue weighted by molar-refractivity contribution is 5.78. The maximum absolute atomic E-state index is 12.6. The molecule has 0 aromatic carbocycles. The van der Waals surface area contributed by atoms with Crippen LogP contribution in [0.15, 0.2) is 0 Å². The largest absolute Gasteiger partial charge is 0.390 e. The fourth-order valence-electron chi connectivity index (χ4n) is 6.44. The lowest BCUT2D eigenvalue weighted by Gasteiger charge is -2.59. The van der Waals surface area contributed by atoms with E-state index in [2.05, 4.69) is 17.1 Å². The lowest BCUT2D eigenvalue weighted by molar-refractivity contribution is -0.152. The second-order valence-electron chi connectivity index (χ2n) is 8.93. The van der Waals surface area contributed by atoms with Crippen molar-refractivity contribution in [2.24, 2.45) is 23.7 Å². The van der Waals surface area contributed by atoms with Gasteiger partial charge in [-0.1, -0.05) is 0 Å². The second kappa shape index (κ2) is 3.76. The molecule has 0 aromatic rings. The van der Waals surface area contributed by atoms with Crippen molar-refractivity contribution in [1.82, 2.24) is 10.2 Å². The highest BCUT2D eigenvalue weighted by Gasteiger charge is 2.59. The molecule has 2 amide bonds. The van der Waals surface area contributed by atoms with Crippen LogP contribution < -0.4 is 5.32 Å². The molecule has 5 aliphatic carbocycles. The van der Waals surface area contributed by atoms with Crippen LogP contribution in [0.4, 0.5) is 4.79 Å². The molecule has 2 N–H and O–H groups in total. The van der Waals surface area contributed by atoms with Gasteiger partial charge in [0.05, 0.1) is 11.1 Å². The Morgan fingerprint density at radius 1 is 1.19 bits per heavy atom. The Labute approximate surface area is 126 Å². The highest BCUT2D eigenvalue weighted by atomic mass is 16.3. The minimum Gasteiger partial charge on any atom is -0.390 e. The van der Waals surface area contributed by atoms with Crippen LogP contribution >= 0.6 is 0 Å². The Bertz CT molecular complexity index is 487. The third-order valence-electron chi connectivity index (χ3n) is 7.18. The number of nitrogens with zero attached hydrogens (tertiary/aromatic N) is 1. The molecule has 1 heterocycles. The summed E-state index contributed by atoms with van der Waals surface area (Å²) in [5.41, 5.74) is -0.397. The van der Waals surface area contributed by atoms with Crippen LogP contribution in [0, 0.1) is 23.7 Å². The topological polar surface area (TPSA) is 52.6 Å². The van der Waals surface area contributed by atoms with Crippen molar-refractivity contribution in [3.8, 4) is 0 Å². The lowest BCUT2D eigenvalue weighted by atomic mass is 9.52. The molecule has 0 radical (unpaired) electrons. The summed E-state index contributed by atoms with van der Waals surface area (Å²) in [6.07, 6.45) is 7.86. The molecule has 21 heavy (non-hydrogen) atoms. The Morgan fingerprint density at radius 3 is 2.43 bits per heavy atom. The first-order valence-electron chi connectivity index (χ1n) is 8.77. The predicted octanol–water partition coefficient (Wildman–Crippen LogP) is 2.12. The first-order chi connectivity index (χ1) is 9.96. The molecule has 6 aliphatic rings. The summed E-state index contributed by atoms with van der Waals surface area (Å²) in [7, 11) is 0. The van der Waals surface area contributed by atoms with Gasteiger partial charge in [-0.3, -0.25) is 0 Å². The zero-order valence-corrected chi connectivity index (χ0v) is 12.8. The first kappa shape index (κ1) is 12.7. The summed E-state index contributed by atoms with van der Waals surface area (Å²) in [6.45, 7) is 3.11. The Morgan fingerprint density at radius 2 is 1.86 bits per heavy atom. The van der Waals surface area contributed by atoms with Gasteiger partial charge in [-0.2, -0.15) is 0 Å². The van der Waals surface area contributed by atoms with Crippen LogP contribution in [0.5, 0.6) is 0 Å². The molecule has 6 rings (SSSR count). The van der Waals surface area contributed by atoms with Crippen molar-refractivity contribution in [2.75, 3.05) is 6.54 Å². The lowest BCUT2D eigenvalue weighted by Crippen LogP contribution is -2.62. The van der Waals surface area contributed by atoms with Crippen molar-refractivity contribution in [2.45, 2.75) is 69.1 Å². The molecule has 4 nitrogen and oxygen atoms in total. The van der Waals surface area contributed by atoms with Gasteiger partial charge in [0.15, 0.2) is 0 Å². The summed E-state index contributed by atoms with van der Waals surface area (Å²) in [5, 5.41) is 14.0. The minimum atomic E-state index is -0.400. The molecule has 6 fully saturated rings. The van der Waals surface area contributed by atoms with Gasteiger partial charge < -0.3 is 15.3 Å². The molecule has 0 spiro atoms. The molecule has 116 valence electrons. The summed E-state index contributed by atoms with van der Waals surface area (Å²) >= 11 is 0. The fourth-order valence-corrected chi connectivity index (χ4v) is 6.44. The molecule has 4 bridgehead atoms. The monoisotopic (exact) mass is 290 g/mol. The minimum absolute atomic E-state index is 0.00263. The molecule has 4 heteroatoms. The van der Waals surface area contributed by atoms with Crippen molar-refractivity contribution in [1.29, 1.82) is 0 Å². The van der Waals surface area contributed by atoms with Crippen LogP contribution in [0.3, 0.4) is 0 Å². The zero-order chi connectivity index (χ0) is 14.4. The van der Waals surface area contributed by atoms with Gasteiger partial charge in [-0.05, 0) is 75.5 Å². The number of urea groups is 1. The zero-order valence-electron chi connectivity index (χ0n) is 12.8. The molecule has 0 unspecified atom stereocenters. The average Bonchev–Trinajstić information content (AvgIpc) is 3.15. The van der Waals surface area contributed by atoms with Gasteiger partial charge >= 0.3 is 6.03 Å².